The highest BCUT2D eigenvalue weighted by Gasteiger charge is 2.35. The van der Waals surface area contributed by atoms with Gasteiger partial charge < -0.3 is 9.47 Å². The van der Waals surface area contributed by atoms with Gasteiger partial charge in [0, 0.05) is 36.3 Å². The third kappa shape index (κ3) is 3.81. The van der Waals surface area contributed by atoms with Gasteiger partial charge in [-0.05, 0) is 32.0 Å². The van der Waals surface area contributed by atoms with Crippen molar-refractivity contribution >= 4 is 5.65 Å². The van der Waals surface area contributed by atoms with Gasteiger partial charge in [-0.3, -0.25) is 4.90 Å². The van der Waals surface area contributed by atoms with E-state index < -0.39 is 11.9 Å². The van der Waals surface area contributed by atoms with Gasteiger partial charge in [0.25, 0.3) is 0 Å². The van der Waals surface area contributed by atoms with Crippen LogP contribution in [0.1, 0.15) is 35.0 Å². The SMILES string of the molecule is COc1cccc(CN2CCC(c3cc4nc(C)cc(C(F)(F)F)n4n3)C2)c1OC. The Morgan fingerprint density at radius 3 is 2.67 bits per heavy atom. The number of benzene rings is 1. The van der Waals surface area contributed by atoms with Gasteiger partial charge in [0.1, 0.15) is 5.69 Å². The summed E-state index contributed by atoms with van der Waals surface area (Å²) in [6.45, 7) is 3.73. The Bertz CT molecular complexity index is 1060. The van der Waals surface area contributed by atoms with Crippen LogP contribution in [0.4, 0.5) is 13.2 Å². The molecule has 3 aromatic rings. The molecule has 1 aliphatic rings. The molecule has 0 spiro atoms. The molecule has 3 heterocycles. The third-order valence-corrected chi connectivity index (χ3v) is 5.43. The van der Waals surface area contributed by atoms with E-state index >= 15 is 0 Å². The lowest BCUT2D eigenvalue weighted by Crippen LogP contribution is -2.20. The number of aromatic nitrogens is 3. The maximum Gasteiger partial charge on any atom is 0.433 e. The molecule has 160 valence electrons. The molecule has 1 fully saturated rings. The fourth-order valence-electron chi connectivity index (χ4n) is 4.06. The Balaban J connectivity index is 1.56. The van der Waals surface area contributed by atoms with Crippen molar-refractivity contribution in [3.05, 3.63) is 53.0 Å². The van der Waals surface area contributed by atoms with Crippen LogP contribution in [0.2, 0.25) is 0 Å². The summed E-state index contributed by atoms with van der Waals surface area (Å²) in [6.07, 6.45) is -3.67. The van der Waals surface area contributed by atoms with Crippen LogP contribution in [0.25, 0.3) is 5.65 Å². The van der Waals surface area contributed by atoms with Gasteiger partial charge >= 0.3 is 6.18 Å². The number of hydrogen-bond acceptors (Lipinski definition) is 5. The van der Waals surface area contributed by atoms with Crippen molar-refractivity contribution in [3.63, 3.8) is 0 Å². The van der Waals surface area contributed by atoms with Gasteiger partial charge in [-0.15, -0.1) is 0 Å². The minimum atomic E-state index is -4.49. The monoisotopic (exact) mass is 420 g/mol. The molecule has 1 unspecified atom stereocenters. The highest BCUT2D eigenvalue weighted by Crippen LogP contribution is 2.35. The standard InChI is InChI=1S/C21H23F3N4O2/c1-13-9-18(21(22,23)24)28-19(25-13)10-16(26-28)14-7-8-27(11-14)12-15-5-4-6-17(29-2)20(15)30-3/h4-6,9-10,14H,7-8,11-12H2,1-3H3. The van der Waals surface area contributed by atoms with Gasteiger partial charge in [-0.1, -0.05) is 12.1 Å². The van der Waals surface area contributed by atoms with Crippen molar-refractivity contribution in [3.8, 4) is 11.5 Å². The van der Waals surface area contributed by atoms with E-state index in [0.29, 0.717) is 36.0 Å². The summed E-state index contributed by atoms with van der Waals surface area (Å²) in [5.41, 5.74) is 1.39. The van der Waals surface area contributed by atoms with Crippen LogP contribution in [0.3, 0.4) is 0 Å². The van der Waals surface area contributed by atoms with E-state index in [0.717, 1.165) is 29.1 Å². The molecular formula is C21H23F3N4O2. The lowest BCUT2D eigenvalue weighted by atomic mass is 10.1. The van der Waals surface area contributed by atoms with E-state index in [2.05, 4.69) is 15.0 Å². The first-order valence-electron chi connectivity index (χ1n) is 9.67. The van der Waals surface area contributed by atoms with Crippen LogP contribution in [-0.2, 0) is 12.7 Å². The molecule has 1 atom stereocenters. The lowest BCUT2D eigenvalue weighted by Gasteiger charge is -2.19. The minimum absolute atomic E-state index is 0.0460. The molecule has 0 N–H and O–H groups in total. The predicted octanol–water partition coefficient (Wildman–Crippen LogP) is 4.06. The van der Waals surface area contributed by atoms with E-state index in [9.17, 15) is 13.2 Å². The second kappa shape index (κ2) is 7.79. The fourth-order valence-corrected chi connectivity index (χ4v) is 4.06. The highest BCUT2D eigenvalue weighted by molar-refractivity contribution is 5.47. The summed E-state index contributed by atoms with van der Waals surface area (Å²) in [4.78, 5) is 6.47. The van der Waals surface area contributed by atoms with Crippen LogP contribution >= 0.6 is 0 Å². The Labute approximate surface area is 172 Å². The van der Waals surface area contributed by atoms with Crippen molar-refractivity contribution in [1.82, 2.24) is 19.5 Å². The quantitative estimate of drug-likeness (QED) is 0.623. The van der Waals surface area contributed by atoms with Crippen LogP contribution in [0, 0.1) is 6.92 Å². The first-order chi connectivity index (χ1) is 14.3. The predicted molar refractivity (Wildman–Crippen MR) is 105 cm³/mol. The zero-order valence-corrected chi connectivity index (χ0v) is 17.0. The summed E-state index contributed by atoms with van der Waals surface area (Å²) < 4.78 is 52.0. The van der Waals surface area contributed by atoms with E-state index in [4.69, 9.17) is 9.47 Å². The highest BCUT2D eigenvalue weighted by atomic mass is 19.4. The van der Waals surface area contributed by atoms with Crippen molar-refractivity contribution in [2.45, 2.75) is 32.0 Å². The smallest absolute Gasteiger partial charge is 0.433 e. The minimum Gasteiger partial charge on any atom is -0.493 e. The summed E-state index contributed by atoms with van der Waals surface area (Å²) in [6, 6.07) is 8.45. The Morgan fingerprint density at radius 2 is 1.97 bits per heavy atom. The van der Waals surface area contributed by atoms with E-state index in [1.54, 1.807) is 27.2 Å². The fraction of sp³-hybridized carbons (Fsp3) is 0.429. The molecule has 1 aromatic carbocycles. The number of likely N-dealkylation sites (tertiary alicyclic amines) is 1. The summed E-state index contributed by atoms with van der Waals surface area (Å²) >= 11 is 0. The lowest BCUT2D eigenvalue weighted by molar-refractivity contribution is -0.142. The average molecular weight is 420 g/mol. The number of para-hydroxylation sites is 1. The first-order valence-corrected chi connectivity index (χ1v) is 9.67. The van der Waals surface area contributed by atoms with Gasteiger partial charge in [0.2, 0.25) is 0 Å². The molecule has 4 rings (SSSR count). The second-order valence-electron chi connectivity index (χ2n) is 7.49. The molecule has 0 saturated carbocycles. The van der Waals surface area contributed by atoms with E-state index in [-0.39, 0.29) is 11.6 Å². The van der Waals surface area contributed by atoms with Gasteiger partial charge in [0.05, 0.1) is 19.9 Å². The molecule has 30 heavy (non-hydrogen) atoms. The van der Waals surface area contributed by atoms with Crippen LogP contribution in [0.5, 0.6) is 11.5 Å². The molecule has 0 amide bonds. The van der Waals surface area contributed by atoms with Crippen LogP contribution in [-0.4, -0.2) is 46.8 Å². The number of halogens is 3. The normalized spacial score (nSPS) is 17.6. The van der Waals surface area contributed by atoms with E-state index in [1.165, 1.54) is 0 Å². The molecule has 2 aromatic heterocycles. The van der Waals surface area contributed by atoms with Crippen LogP contribution < -0.4 is 9.47 Å². The number of nitrogens with zero attached hydrogens (tertiary/aromatic N) is 4. The average Bonchev–Trinajstić information content (AvgIpc) is 3.33. The largest absolute Gasteiger partial charge is 0.493 e. The zero-order chi connectivity index (χ0) is 21.5. The molecule has 0 radical (unpaired) electrons. The molecular weight excluding hydrogens is 397 g/mol. The number of hydrogen-bond donors (Lipinski definition) is 0. The third-order valence-electron chi connectivity index (χ3n) is 5.43. The number of methoxy groups -OCH3 is 2. The Kier molecular flexibility index (Phi) is 5.31. The Hall–Kier alpha value is -2.81. The molecule has 0 bridgehead atoms. The van der Waals surface area contributed by atoms with Gasteiger partial charge in [-0.2, -0.15) is 18.3 Å². The summed E-state index contributed by atoms with van der Waals surface area (Å²) in [7, 11) is 3.21. The Morgan fingerprint density at radius 1 is 1.17 bits per heavy atom. The maximum atomic E-state index is 13.4. The van der Waals surface area contributed by atoms with Crippen molar-refractivity contribution in [1.29, 1.82) is 0 Å². The number of ether oxygens (including phenoxy) is 2. The number of rotatable bonds is 5. The first kappa shape index (κ1) is 20.5. The molecule has 6 nitrogen and oxygen atoms in total. The number of fused-ring (bicyclic) bond motifs is 1. The zero-order valence-electron chi connectivity index (χ0n) is 17.0. The molecule has 0 aliphatic carbocycles. The van der Waals surface area contributed by atoms with E-state index in [1.807, 2.05) is 18.2 Å². The van der Waals surface area contributed by atoms with Gasteiger partial charge in [-0.25, -0.2) is 9.50 Å². The topological polar surface area (TPSA) is 51.9 Å². The second-order valence-corrected chi connectivity index (χ2v) is 7.49. The van der Waals surface area contributed by atoms with Gasteiger partial charge in [0.15, 0.2) is 17.1 Å². The molecule has 9 heteroatoms. The van der Waals surface area contributed by atoms with Crippen molar-refractivity contribution < 1.29 is 22.6 Å². The number of aryl methyl sites for hydroxylation is 1. The summed E-state index contributed by atoms with van der Waals surface area (Å²) in [5.74, 6) is 1.42. The van der Waals surface area contributed by atoms with Crippen molar-refractivity contribution in [2.24, 2.45) is 0 Å². The maximum absolute atomic E-state index is 13.4. The van der Waals surface area contributed by atoms with Crippen molar-refractivity contribution in [2.75, 3.05) is 27.3 Å². The molecule has 1 aliphatic heterocycles. The van der Waals surface area contributed by atoms with Crippen LogP contribution in [0.15, 0.2) is 30.3 Å². The molecule has 1 saturated heterocycles. The number of alkyl halides is 3. The summed E-state index contributed by atoms with van der Waals surface area (Å²) in [5, 5.41) is 4.27.